The van der Waals surface area contributed by atoms with E-state index in [2.05, 4.69) is 10.8 Å². The Balaban J connectivity index is 4.10. The fourth-order valence-electron chi connectivity index (χ4n) is 0.324. The Labute approximate surface area is 65.3 Å². The van der Waals surface area contributed by atoms with Crippen molar-refractivity contribution in [2.75, 3.05) is 6.26 Å². The molecule has 0 radical (unpaired) electrons. The third-order valence-corrected chi connectivity index (χ3v) is 1.07. The lowest BCUT2D eigenvalue weighted by molar-refractivity contribution is -0.128. The van der Waals surface area contributed by atoms with E-state index in [4.69, 9.17) is 0 Å². The topological polar surface area (TPSA) is 60.4 Å². The Bertz CT molecular complexity index is 273. The average Bonchev–Trinajstić information content (AvgIpc) is 1.79. The predicted octanol–water partition coefficient (Wildman–Crippen LogP) is 0.231. The first-order chi connectivity index (χ1) is 4.95. The summed E-state index contributed by atoms with van der Waals surface area (Å²) in [7, 11) is -3.69. The Morgan fingerprint density at radius 3 is 2.45 bits per heavy atom. The van der Waals surface area contributed by atoms with E-state index in [1.54, 1.807) is 0 Å². The van der Waals surface area contributed by atoms with E-state index in [9.17, 15) is 13.2 Å². The zero-order valence-corrected chi connectivity index (χ0v) is 6.80. The van der Waals surface area contributed by atoms with Crippen molar-refractivity contribution in [2.45, 2.75) is 0 Å². The molecular weight excluding hydrogens is 168 g/mol. The van der Waals surface area contributed by atoms with Crippen LogP contribution in [0.2, 0.25) is 0 Å². The van der Waals surface area contributed by atoms with E-state index in [0.717, 1.165) is 12.3 Å². The largest absolute Gasteiger partial charge is 0.346 e. The summed E-state index contributed by atoms with van der Waals surface area (Å²) in [5, 5.41) is 0. The number of allylic oxidation sites excluding steroid dienone is 2. The van der Waals surface area contributed by atoms with Gasteiger partial charge in [0.15, 0.2) is 0 Å². The number of hydrogen-bond acceptors (Lipinski definition) is 4. The van der Waals surface area contributed by atoms with Crippen LogP contribution in [0.4, 0.5) is 0 Å². The lowest BCUT2D eigenvalue weighted by Gasteiger charge is -1.93. The van der Waals surface area contributed by atoms with Crippen molar-refractivity contribution < 1.29 is 17.4 Å². The van der Waals surface area contributed by atoms with Crippen molar-refractivity contribution in [3.63, 3.8) is 0 Å². The van der Waals surface area contributed by atoms with Crippen molar-refractivity contribution >= 4 is 16.1 Å². The molecule has 0 aliphatic carbocycles. The van der Waals surface area contributed by atoms with Crippen LogP contribution in [0.25, 0.3) is 0 Å². The molecule has 0 N–H and O–H groups in total. The van der Waals surface area contributed by atoms with Crippen molar-refractivity contribution in [3.8, 4) is 0 Å². The van der Waals surface area contributed by atoms with Crippen LogP contribution in [-0.2, 0) is 19.1 Å². The smallest absolute Gasteiger partial charge is 0.342 e. The second-order valence-electron chi connectivity index (χ2n) is 1.70. The summed E-state index contributed by atoms with van der Waals surface area (Å²) >= 11 is 0. The lowest BCUT2D eigenvalue weighted by Crippen LogP contribution is -2.08. The van der Waals surface area contributed by atoms with Gasteiger partial charge in [-0.2, -0.15) is 8.42 Å². The molecule has 5 heteroatoms. The maximum Gasteiger partial charge on any atom is 0.346 e. The molecule has 62 valence electrons. The Kier molecular flexibility index (Phi) is 3.53. The quantitative estimate of drug-likeness (QED) is 0.351. The van der Waals surface area contributed by atoms with Gasteiger partial charge in [0.25, 0.3) is 0 Å². The van der Waals surface area contributed by atoms with Gasteiger partial charge < -0.3 is 4.18 Å². The summed E-state index contributed by atoms with van der Waals surface area (Å²) in [6, 6.07) is 0. The van der Waals surface area contributed by atoms with Gasteiger partial charge in [0, 0.05) is 6.08 Å². The van der Waals surface area contributed by atoms with Crippen LogP contribution in [0.3, 0.4) is 0 Å². The average molecular weight is 176 g/mol. The molecule has 0 fully saturated rings. The Hall–Kier alpha value is -1.10. The maximum absolute atomic E-state index is 10.5. The molecule has 0 atom stereocenters. The number of carbonyl (C=O) groups is 1. The van der Waals surface area contributed by atoms with Crippen molar-refractivity contribution in [2.24, 2.45) is 0 Å². The summed E-state index contributed by atoms with van der Waals surface area (Å²) in [4.78, 5) is 10.5. The van der Waals surface area contributed by atoms with Crippen LogP contribution in [0.1, 0.15) is 0 Å². The van der Waals surface area contributed by atoms with Gasteiger partial charge in [-0.1, -0.05) is 18.7 Å². The second-order valence-corrected chi connectivity index (χ2v) is 3.28. The normalized spacial score (nSPS) is 11.4. The SMILES string of the molecule is C=C/C=C\C(=O)OS(C)(=O)=O. The van der Waals surface area contributed by atoms with Gasteiger partial charge >= 0.3 is 16.1 Å². The number of hydrogen-bond donors (Lipinski definition) is 0. The molecule has 0 amide bonds. The molecule has 0 saturated carbocycles. The molecular formula is C6H8O4S. The highest BCUT2D eigenvalue weighted by Gasteiger charge is 2.05. The van der Waals surface area contributed by atoms with Crippen molar-refractivity contribution in [3.05, 3.63) is 24.8 Å². The van der Waals surface area contributed by atoms with Crippen LogP contribution < -0.4 is 0 Å². The molecule has 11 heavy (non-hydrogen) atoms. The van der Waals surface area contributed by atoms with Crippen LogP contribution >= 0.6 is 0 Å². The van der Waals surface area contributed by atoms with E-state index in [1.165, 1.54) is 12.2 Å². The molecule has 0 aliphatic rings. The molecule has 0 rings (SSSR count). The third kappa shape index (κ3) is 6.79. The summed E-state index contributed by atoms with van der Waals surface area (Å²) in [5.74, 6) is -0.924. The molecule has 0 aliphatic heterocycles. The van der Waals surface area contributed by atoms with Crippen LogP contribution in [0, 0.1) is 0 Å². The fraction of sp³-hybridized carbons (Fsp3) is 0.167. The molecule has 0 spiro atoms. The third-order valence-electron chi connectivity index (χ3n) is 0.602. The summed E-state index contributed by atoms with van der Waals surface area (Å²) < 4.78 is 24.5. The highest BCUT2D eigenvalue weighted by atomic mass is 32.2. The van der Waals surface area contributed by atoms with Gasteiger partial charge in [0.05, 0.1) is 6.26 Å². The molecule has 0 aromatic rings. The second kappa shape index (κ2) is 3.92. The minimum absolute atomic E-state index is 0.798. The fourth-order valence-corrected chi connectivity index (χ4v) is 0.678. The van der Waals surface area contributed by atoms with Gasteiger partial charge in [0.1, 0.15) is 0 Å². The minimum Gasteiger partial charge on any atom is -0.342 e. The monoisotopic (exact) mass is 176 g/mol. The zero-order valence-electron chi connectivity index (χ0n) is 5.98. The predicted molar refractivity (Wildman–Crippen MR) is 40.3 cm³/mol. The standard InChI is InChI=1S/C6H8O4S/c1-3-4-5-6(7)10-11(2,8)9/h3-5H,1H2,2H3/b5-4-. The molecule has 0 bridgehead atoms. The highest BCUT2D eigenvalue weighted by Crippen LogP contribution is 1.89. The van der Waals surface area contributed by atoms with E-state index in [-0.39, 0.29) is 0 Å². The summed E-state index contributed by atoms with van der Waals surface area (Å²) in [6.07, 6.45) is 4.39. The molecule has 0 unspecified atom stereocenters. The van der Waals surface area contributed by atoms with Crippen molar-refractivity contribution in [1.29, 1.82) is 0 Å². The highest BCUT2D eigenvalue weighted by molar-refractivity contribution is 7.86. The summed E-state index contributed by atoms with van der Waals surface area (Å²) in [6.45, 7) is 3.29. The molecule has 0 heterocycles. The molecule has 0 aromatic carbocycles. The van der Waals surface area contributed by atoms with Crippen LogP contribution in [0.15, 0.2) is 24.8 Å². The van der Waals surface area contributed by atoms with Crippen LogP contribution in [0.5, 0.6) is 0 Å². The number of carbonyl (C=O) groups excluding carboxylic acids is 1. The zero-order chi connectivity index (χ0) is 8.91. The first-order valence-corrected chi connectivity index (χ1v) is 4.50. The van der Waals surface area contributed by atoms with Gasteiger partial charge in [0.2, 0.25) is 0 Å². The van der Waals surface area contributed by atoms with Crippen molar-refractivity contribution in [1.82, 2.24) is 0 Å². The van der Waals surface area contributed by atoms with Gasteiger partial charge in [-0.15, -0.1) is 0 Å². The first-order valence-electron chi connectivity index (χ1n) is 2.68. The molecule has 0 saturated heterocycles. The van der Waals surface area contributed by atoms with E-state index >= 15 is 0 Å². The van der Waals surface area contributed by atoms with E-state index in [1.807, 2.05) is 0 Å². The first kappa shape index (κ1) is 9.90. The number of rotatable bonds is 3. The van der Waals surface area contributed by atoms with Gasteiger partial charge in [-0.25, -0.2) is 4.79 Å². The lowest BCUT2D eigenvalue weighted by atomic mass is 10.5. The van der Waals surface area contributed by atoms with Crippen LogP contribution in [-0.4, -0.2) is 20.6 Å². The van der Waals surface area contributed by atoms with Gasteiger partial charge in [-0.05, 0) is 0 Å². The minimum atomic E-state index is -3.69. The summed E-state index contributed by atoms with van der Waals surface area (Å²) in [5.41, 5.74) is 0. The Morgan fingerprint density at radius 2 is 2.09 bits per heavy atom. The molecule has 0 aromatic heterocycles. The van der Waals surface area contributed by atoms with E-state index < -0.39 is 16.1 Å². The van der Waals surface area contributed by atoms with E-state index in [0.29, 0.717) is 0 Å². The molecule has 4 nitrogen and oxygen atoms in total. The Morgan fingerprint density at radius 1 is 1.55 bits per heavy atom. The van der Waals surface area contributed by atoms with Gasteiger partial charge in [-0.3, -0.25) is 0 Å². The maximum atomic E-state index is 10.5.